The van der Waals surface area contributed by atoms with Crippen molar-refractivity contribution in [1.82, 2.24) is 0 Å². The van der Waals surface area contributed by atoms with Gasteiger partial charge in [-0.2, -0.15) is 0 Å². The lowest BCUT2D eigenvalue weighted by atomic mass is 10.2. The highest BCUT2D eigenvalue weighted by Crippen LogP contribution is 2.20. The van der Waals surface area contributed by atoms with Crippen LogP contribution < -0.4 is 0 Å². The summed E-state index contributed by atoms with van der Waals surface area (Å²) in [5.74, 6) is -0.946. The minimum atomic E-state index is -0.946. The van der Waals surface area contributed by atoms with Gasteiger partial charge in [-0.15, -0.1) is 11.3 Å². The molecule has 1 N–H and O–H groups in total. The molecule has 0 aliphatic rings. The van der Waals surface area contributed by atoms with Gasteiger partial charge in [0, 0.05) is 17.6 Å². The van der Waals surface area contributed by atoms with Crippen LogP contribution in [0.25, 0.3) is 6.08 Å². The van der Waals surface area contributed by atoms with Crippen molar-refractivity contribution in [1.29, 1.82) is 0 Å². The minimum absolute atomic E-state index is 0.0309. The molecule has 0 amide bonds. The van der Waals surface area contributed by atoms with Crippen LogP contribution in [0.3, 0.4) is 0 Å². The summed E-state index contributed by atoms with van der Waals surface area (Å²) < 4.78 is 10.9. The summed E-state index contributed by atoms with van der Waals surface area (Å²) in [4.78, 5) is 11.5. The summed E-state index contributed by atoms with van der Waals surface area (Å²) >= 11 is 1.56. The number of rotatable bonds is 8. The van der Waals surface area contributed by atoms with Crippen molar-refractivity contribution in [3.63, 3.8) is 0 Å². The van der Waals surface area contributed by atoms with Crippen molar-refractivity contribution in [2.45, 2.75) is 26.6 Å². The van der Waals surface area contributed by atoms with Crippen LogP contribution in [-0.2, 0) is 20.9 Å². The molecule has 5 heteroatoms. The molecule has 1 heterocycles. The minimum Gasteiger partial charge on any atom is -0.478 e. The fourth-order valence-electron chi connectivity index (χ4n) is 1.33. The molecule has 0 aliphatic heterocycles. The van der Waals surface area contributed by atoms with E-state index in [4.69, 9.17) is 14.6 Å². The lowest BCUT2D eigenvalue weighted by Crippen LogP contribution is -2.15. The monoisotopic (exact) mass is 270 g/mol. The predicted octanol–water partition coefficient (Wildman–Crippen LogP) is 2.79. The van der Waals surface area contributed by atoms with E-state index in [1.165, 1.54) is 0 Å². The Bertz CT molecular complexity index is 397. The Hall–Kier alpha value is -1.17. The third-order valence-corrected chi connectivity index (χ3v) is 3.15. The fourth-order valence-corrected chi connectivity index (χ4v) is 2.11. The molecule has 0 saturated carbocycles. The summed E-state index contributed by atoms with van der Waals surface area (Å²) in [7, 11) is 0. The highest BCUT2D eigenvalue weighted by molar-refractivity contribution is 7.10. The van der Waals surface area contributed by atoms with Crippen molar-refractivity contribution in [3.8, 4) is 0 Å². The van der Waals surface area contributed by atoms with Gasteiger partial charge in [-0.3, -0.25) is 0 Å². The Morgan fingerprint density at radius 2 is 2.39 bits per heavy atom. The van der Waals surface area contributed by atoms with E-state index in [1.54, 1.807) is 17.4 Å². The molecule has 0 bridgehead atoms. The maximum absolute atomic E-state index is 10.5. The summed E-state index contributed by atoms with van der Waals surface area (Å²) in [5.41, 5.74) is 0.894. The van der Waals surface area contributed by atoms with Gasteiger partial charge < -0.3 is 14.6 Å². The zero-order chi connectivity index (χ0) is 13.4. The van der Waals surface area contributed by atoms with Gasteiger partial charge in [0.05, 0.1) is 19.3 Å². The van der Waals surface area contributed by atoms with E-state index in [9.17, 15) is 4.79 Å². The number of carbonyl (C=O) groups is 1. The Kier molecular flexibility index (Phi) is 6.64. The molecule has 18 heavy (non-hydrogen) atoms. The summed E-state index contributed by atoms with van der Waals surface area (Å²) in [6.07, 6.45) is 2.75. The van der Waals surface area contributed by atoms with Crippen molar-refractivity contribution < 1.29 is 19.4 Å². The van der Waals surface area contributed by atoms with E-state index in [0.717, 1.165) is 16.5 Å². The molecule has 0 fully saturated rings. The molecule has 0 aliphatic carbocycles. The quantitative estimate of drug-likeness (QED) is 0.738. The molecule has 0 aromatic carbocycles. The van der Waals surface area contributed by atoms with Gasteiger partial charge in [-0.05, 0) is 36.9 Å². The standard InChI is InChI=1S/C13H18O4S/c1-3-16-8-10(2)17-9-12-11(6-7-18-12)4-5-13(14)15/h4-7,10H,3,8-9H2,1-2H3,(H,14,15)/b5-4+. The van der Waals surface area contributed by atoms with Gasteiger partial charge in [0.15, 0.2) is 0 Å². The first-order valence-corrected chi connectivity index (χ1v) is 6.68. The highest BCUT2D eigenvalue weighted by atomic mass is 32.1. The van der Waals surface area contributed by atoms with Crippen LogP contribution in [0.2, 0.25) is 0 Å². The van der Waals surface area contributed by atoms with E-state index < -0.39 is 5.97 Å². The fraction of sp³-hybridized carbons (Fsp3) is 0.462. The van der Waals surface area contributed by atoms with Crippen LogP contribution in [-0.4, -0.2) is 30.4 Å². The van der Waals surface area contributed by atoms with Crippen molar-refractivity contribution in [2.75, 3.05) is 13.2 Å². The predicted molar refractivity (Wildman–Crippen MR) is 71.7 cm³/mol. The molecule has 100 valence electrons. The first-order valence-electron chi connectivity index (χ1n) is 5.80. The zero-order valence-corrected chi connectivity index (χ0v) is 11.4. The SMILES string of the molecule is CCOCC(C)OCc1sccc1/C=C/C(=O)O. The van der Waals surface area contributed by atoms with Crippen LogP contribution in [0.5, 0.6) is 0 Å². The average molecular weight is 270 g/mol. The topological polar surface area (TPSA) is 55.8 Å². The number of hydrogen-bond acceptors (Lipinski definition) is 4. The second-order valence-corrected chi connectivity index (χ2v) is 4.75. The Morgan fingerprint density at radius 1 is 1.61 bits per heavy atom. The molecule has 0 radical (unpaired) electrons. The van der Waals surface area contributed by atoms with Gasteiger partial charge in [0.25, 0.3) is 0 Å². The van der Waals surface area contributed by atoms with E-state index in [0.29, 0.717) is 19.8 Å². The third-order valence-electron chi connectivity index (χ3n) is 2.24. The van der Waals surface area contributed by atoms with E-state index >= 15 is 0 Å². The summed E-state index contributed by atoms with van der Waals surface area (Å²) in [5, 5.41) is 10.5. The van der Waals surface area contributed by atoms with Crippen molar-refractivity contribution >= 4 is 23.4 Å². The van der Waals surface area contributed by atoms with Gasteiger partial charge in [-0.1, -0.05) is 0 Å². The zero-order valence-electron chi connectivity index (χ0n) is 10.6. The molecule has 1 aromatic rings. The van der Waals surface area contributed by atoms with E-state index in [-0.39, 0.29) is 6.10 Å². The largest absolute Gasteiger partial charge is 0.478 e. The van der Waals surface area contributed by atoms with E-state index in [2.05, 4.69) is 0 Å². The number of ether oxygens (including phenoxy) is 2. The van der Waals surface area contributed by atoms with Crippen molar-refractivity contribution in [2.24, 2.45) is 0 Å². The van der Waals surface area contributed by atoms with Gasteiger partial charge in [-0.25, -0.2) is 4.79 Å². The number of aliphatic carboxylic acids is 1. The average Bonchev–Trinajstić information content (AvgIpc) is 2.78. The van der Waals surface area contributed by atoms with E-state index in [1.807, 2.05) is 25.3 Å². The summed E-state index contributed by atoms with van der Waals surface area (Å²) in [6.45, 7) is 5.63. The number of thiophene rings is 1. The molecule has 1 aromatic heterocycles. The van der Waals surface area contributed by atoms with Crippen molar-refractivity contribution in [3.05, 3.63) is 28.0 Å². The number of carboxylic acid groups (broad SMARTS) is 1. The number of hydrogen-bond donors (Lipinski definition) is 1. The van der Waals surface area contributed by atoms with Crippen LogP contribution in [0, 0.1) is 0 Å². The molecule has 1 unspecified atom stereocenters. The summed E-state index contributed by atoms with van der Waals surface area (Å²) in [6, 6.07) is 1.88. The molecular weight excluding hydrogens is 252 g/mol. The van der Waals surface area contributed by atoms with Crippen LogP contribution in [0.1, 0.15) is 24.3 Å². The maximum Gasteiger partial charge on any atom is 0.328 e. The molecule has 0 spiro atoms. The second kappa shape index (κ2) is 8.02. The lowest BCUT2D eigenvalue weighted by Gasteiger charge is -2.12. The molecule has 1 rings (SSSR count). The Labute approximate surface area is 111 Å². The molecule has 4 nitrogen and oxygen atoms in total. The maximum atomic E-state index is 10.5. The number of carboxylic acids is 1. The third kappa shape index (κ3) is 5.44. The first-order chi connectivity index (χ1) is 8.63. The van der Waals surface area contributed by atoms with Gasteiger partial charge >= 0.3 is 5.97 Å². The molecular formula is C13H18O4S. The highest BCUT2D eigenvalue weighted by Gasteiger charge is 2.06. The molecule has 0 saturated heterocycles. The van der Waals surface area contributed by atoms with Crippen LogP contribution >= 0.6 is 11.3 Å². The van der Waals surface area contributed by atoms with Gasteiger partial charge in [0.2, 0.25) is 0 Å². The second-order valence-electron chi connectivity index (χ2n) is 3.75. The Morgan fingerprint density at radius 3 is 3.06 bits per heavy atom. The van der Waals surface area contributed by atoms with Crippen LogP contribution in [0.15, 0.2) is 17.5 Å². The normalized spacial score (nSPS) is 13.0. The Balaban J connectivity index is 2.47. The first kappa shape index (κ1) is 14.9. The smallest absolute Gasteiger partial charge is 0.328 e. The van der Waals surface area contributed by atoms with Gasteiger partial charge in [0.1, 0.15) is 0 Å². The molecule has 1 atom stereocenters. The lowest BCUT2D eigenvalue weighted by molar-refractivity contribution is -0.131. The van der Waals surface area contributed by atoms with Crippen LogP contribution in [0.4, 0.5) is 0 Å².